The Morgan fingerprint density at radius 2 is 0.820 bits per heavy atom. The third kappa shape index (κ3) is 4.63. The van der Waals surface area contributed by atoms with Crippen LogP contribution in [0.4, 0.5) is 17.1 Å². The zero-order valence-corrected chi connectivity index (χ0v) is 33.8. The number of para-hydroxylation sites is 2. The maximum atomic E-state index is 6.99. The van der Waals surface area contributed by atoms with Crippen molar-refractivity contribution in [3.63, 3.8) is 0 Å². The van der Waals surface area contributed by atoms with Gasteiger partial charge in [0.2, 0.25) is 0 Å². The number of nitrogens with zero attached hydrogens (tertiary/aromatic N) is 1. The molecule has 9 aromatic rings. The van der Waals surface area contributed by atoms with E-state index in [0.717, 1.165) is 51.2 Å². The molecule has 4 aliphatic rings. The fourth-order valence-electron chi connectivity index (χ4n) is 11.0. The van der Waals surface area contributed by atoms with Gasteiger partial charge in [0.15, 0.2) is 23.0 Å². The highest BCUT2D eigenvalue weighted by molar-refractivity contribution is 5.98. The molecule has 0 saturated carbocycles. The van der Waals surface area contributed by atoms with Gasteiger partial charge in [0, 0.05) is 28.0 Å². The van der Waals surface area contributed by atoms with Gasteiger partial charge in [0.05, 0.1) is 5.41 Å². The summed E-state index contributed by atoms with van der Waals surface area (Å²) in [7, 11) is 0. The summed E-state index contributed by atoms with van der Waals surface area (Å²) in [5, 5.41) is 0. The molecule has 1 aliphatic heterocycles. The van der Waals surface area contributed by atoms with Gasteiger partial charge in [0.25, 0.3) is 0 Å². The van der Waals surface area contributed by atoms with Crippen molar-refractivity contribution in [2.45, 2.75) is 24.7 Å². The molecule has 1 spiro atoms. The van der Waals surface area contributed by atoms with E-state index in [1.807, 2.05) is 24.3 Å². The van der Waals surface area contributed by atoms with Crippen molar-refractivity contribution in [1.29, 1.82) is 0 Å². The van der Waals surface area contributed by atoms with E-state index in [2.05, 4.69) is 195 Å². The maximum Gasteiger partial charge on any atom is 0.175 e. The van der Waals surface area contributed by atoms with E-state index in [1.165, 1.54) is 66.8 Å². The first-order chi connectivity index (χ1) is 30.0. The van der Waals surface area contributed by atoms with Crippen LogP contribution in [0.5, 0.6) is 23.0 Å². The zero-order chi connectivity index (χ0) is 40.5. The van der Waals surface area contributed by atoms with E-state index in [-0.39, 0.29) is 5.41 Å². The summed E-state index contributed by atoms with van der Waals surface area (Å²) in [6.45, 7) is 4.72. The van der Waals surface area contributed by atoms with Crippen LogP contribution in [-0.2, 0) is 10.8 Å². The lowest BCUT2D eigenvalue weighted by molar-refractivity contribution is 0.354. The van der Waals surface area contributed by atoms with Crippen molar-refractivity contribution in [1.82, 2.24) is 0 Å². The molecule has 0 saturated heterocycles. The molecule has 0 radical (unpaired) electrons. The van der Waals surface area contributed by atoms with Crippen LogP contribution in [-0.4, -0.2) is 0 Å². The molecule has 0 bridgehead atoms. The van der Waals surface area contributed by atoms with Crippen molar-refractivity contribution in [2.75, 3.05) is 4.90 Å². The van der Waals surface area contributed by atoms with E-state index >= 15 is 0 Å². The van der Waals surface area contributed by atoms with Gasteiger partial charge in [-0.2, -0.15) is 0 Å². The van der Waals surface area contributed by atoms with Crippen molar-refractivity contribution in [3.05, 3.63) is 234 Å². The molecule has 3 heteroatoms. The average Bonchev–Trinajstić information content (AvgIpc) is 3.87. The Bertz CT molecular complexity index is 3240. The molecule has 0 amide bonds. The smallest absolute Gasteiger partial charge is 0.175 e. The fraction of sp³-hybridized carbons (Fsp3) is 0.0690. The standard InChI is InChI=1S/C58H39NO2/c1-57(2)47-19-9-6-16-41(47)44-30-28-39(34-50(44)57)59(38-26-24-37(25-27-38)36-14-4-3-5-15-36)40-29-31-45-46-32-33-54-56(61-53-23-13-12-22-52(53)60-54)55(46)58(51(45)35-40)48-20-10-7-17-42(48)43-18-8-11-21-49(43)58/h3-35H,1-2H3. The second-order valence-electron chi connectivity index (χ2n) is 17.2. The van der Waals surface area contributed by atoms with Crippen LogP contribution < -0.4 is 14.4 Å². The third-order valence-electron chi connectivity index (χ3n) is 13.7. The lowest BCUT2D eigenvalue weighted by atomic mass is 9.70. The predicted molar refractivity (Wildman–Crippen MR) is 247 cm³/mol. The molecule has 3 aliphatic carbocycles. The minimum absolute atomic E-state index is 0.147. The Balaban J connectivity index is 1.06. The van der Waals surface area contributed by atoms with Gasteiger partial charge in [-0.25, -0.2) is 0 Å². The highest BCUT2D eigenvalue weighted by Gasteiger charge is 2.54. The summed E-state index contributed by atoms with van der Waals surface area (Å²) in [6, 6.07) is 72.9. The maximum absolute atomic E-state index is 6.99. The van der Waals surface area contributed by atoms with Crippen LogP contribution in [0.25, 0.3) is 44.5 Å². The zero-order valence-electron chi connectivity index (χ0n) is 33.8. The lowest BCUT2D eigenvalue weighted by Crippen LogP contribution is -2.27. The Labute approximate surface area is 355 Å². The minimum Gasteiger partial charge on any atom is -0.450 e. The number of benzene rings is 9. The molecule has 3 nitrogen and oxygen atoms in total. The molecule has 0 aromatic heterocycles. The molecule has 0 fully saturated rings. The van der Waals surface area contributed by atoms with Crippen LogP contribution in [0.15, 0.2) is 200 Å². The van der Waals surface area contributed by atoms with E-state index in [9.17, 15) is 0 Å². The Kier molecular flexibility index (Phi) is 6.99. The summed E-state index contributed by atoms with van der Waals surface area (Å²) in [6.07, 6.45) is 0. The summed E-state index contributed by atoms with van der Waals surface area (Å²) in [5.41, 5.74) is 19.9. The first-order valence-electron chi connectivity index (χ1n) is 21.2. The van der Waals surface area contributed by atoms with Crippen molar-refractivity contribution >= 4 is 17.1 Å². The Hall–Kier alpha value is -7.62. The highest BCUT2D eigenvalue weighted by atomic mass is 16.6. The van der Waals surface area contributed by atoms with Crippen molar-refractivity contribution < 1.29 is 9.47 Å². The van der Waals surface area contributed by atoms with Gasteiger partial charge in [-0.3, -0.25) is 0 Å². The molecule has 0 N–H and O–H groups in total. The van der Waals surface area contributed by atoms with Gasteiger partial charge in [-0.15, -0.1) is 0 Å². The van der Waals surface area contributed by atoms with Crippen LogP contribution in [0.3, 0.4) is 0 Å². The lowest BCUT2D eigenvalue weighted by Gasteiger charge is -2.34. The minimum atomic E-state index is -0.667. The molecule has 0 unspecified atom stereocenters. The molecular formula is C58H39NO2. The predicted octanol–water partition coefficient (Wildman–Crippen LogP) is 15.4. The van der Waals surface area contributed by atoms with Gasteiger partial charge in [-0.05, 0) is 127 Å². The summed E-state index contributed by atoms with van der Waals surface area (Å²) in [4.78, 5) is 2.45. The fourth-order valence-corrected chi connectivity index (χ4v) is 11.0. The van der Waals surface area contributed by atoms with E-state index in [1.54, 1.807) is 0 Å². The number of hydrogen-bond donors (Lipinski definition) is 0. The normalized spacial score (nSPS) is 14.6. The van der Waals surface area contributed by atoms with Crippen molar-refractivity contribution in [2.24, 2.45) is 0 Å². The number of rotatable bonds is 4. The quantitative estimate of drug-likeness (QED) is 0.177. The number of anilines is 3. The second-order valence-corrected chi connectivity index (χ2v) is 17.2. The number of fused-ring (bicyclic) bond motifs is 16. The number of ether oxygens (including phenoxy) is 2. The van der Waals surface area contributed by atoms with Gasteiger partial charge >= 0.3 is 0 Å². The van der Waals surface area contributed by atoms with Gasteiger partial charge in [0.1, 0.15) is 0 Å². The van der Waals surface area contributed by atoms with Crippen molar-refractivity contribution in [3.8, 4) is 67.5 Å². The molecule has 13 rings (SSSR count). The van der Waals surface area contributed by atoms with Crippen LogP contribution >= 0.6 is 0 Å². The molecule has 288 valence electrons. The first-order valence-corrected chi connectivity index (χ1v) is 21.2. The molecule has 1 heterocycles. The van der Waals surface area contributed by atoms with Crippen LogP contribution in [0.1, 0.15) is 47.2 Å². The second kappa shape index (κ2) is 12.5. The third-order valence-corrected chi connectivity index (χ3v) is 13.7. The van der Waals surface area contributed by atoms with Crippen LogP contribution in [0.2, 0.25) is 0 Å². The molecule has 61 heavy (non-hydrogen) atoms. The van der Waals surface area contributed by atoms with Gasteiger partial charge < -0.3 is 14.4 Å². The summed E-state index contributed by atoms with van der Waals surface area (Å²) >= 11 is 0. The Morgan fingerprint density at radius 3 is 1.49 bits per heavy atom. The van der Waals surface area contributed by atoms with E-state index in [0.29, 0.717) is 0 Å². The SMILES string of the molecule is CC1(C)c2ccccc2-c2ccc(N(c3ccc(-c4ccccc4)cc3)c3ccc4c(c3)C3(c5ccccc5-c5ccccc53)c3c-4ccc4c3Oc3ccccc3O4)cc21. The van der Waals surface area contributed by atoms with E-state index in [4.69, 9.17) is 9.47 Å². The molecule has 0 atom stereocenters. The summed E-state index contributed by atoms with van der Waals surface area (Å²) in [5.74, 6) is 2.95. The molecule has 9 aromatic carbocycles. The first kappa shape index (κ1) is 34.3. The summed E-state index contributed by atoms with van der Waals surface area (Å²) < 4.78 is 13.6. The Morgan fingerprint density at radius 1 is 0.344 bits per heavy atom. The largest absolute Gasteiger partial charge is 0.450 e. The van der Waals surface area contributed by atoms with Crippen LogP contribution in [0, 0.1) is 0 Å². The molecular weight excluding hydrogens is 743 g/mol. The van der Waals surface area contributed by atoms with Gasteiger partial charge in [-0.1, -0.05) is 159 Å². The monoisotopic (exact) mass is 781 g/mol. The highest BCUT2D eigenvalue weighted by Crippen LogP contribution is 2.67. The number of hydrogen-bond acceptors (Lipinski definition) is 3. The van der Waals surface area contributed by atoms with E-state index < -0.39 is 5.41 Å². The topological polar surface area (TPSA) is 21.7 Å². The average molecular weight is 782 g/mol.